The highest BCUT2D eigenvalue weighted by molar-refractivity contribution is 7.90. The van der Waals surface area contributed by atoms with Crippen LogP contribution in [0.3, 0.4) is 0 Å². The Morgan fingerprint density at radius 1 is 1.09 bits per heavy atom. The first-order valence-electron chi connectivity index (χ1n) is 14.1. The summed E-state index contributed by atoms with van der Waals surface area (Å²) in [6, 6.07) is 11.8. The van der Waals surface area contributed by atoms with Gasteiger partial charge in [-0.2, -0.15) is 4.98 Å². The number of aromatic nitrogens is 3. The molecule has 0 bridgehead atoms. The van der Waals surface area contributed by atoms with Gasteiger partial charge in [0.15, 0.2) is 15.5 Å². The fraction of sp³-hybridized carbons (Fsp3) is 0.312. The largest absolute Gasteiger partial charge is 0.355 e. The molecule has 44 heavy (non-hydrogen) atoms. The summed E-state index contributed by atoms with van der Waals surface area (Å²) in [7, 11) is -3.53. The lowest BCUT2D eigenvalue weighted by molar-refractivity contribution is -0.128. The van der Waals surface area contributed by atoms with Crippen molar-refractivity contribution in [2.75, 3.05) is 24.2 Å². The monoisotopic (exact) mass is 637 g/mol. The van der Waals surface area contributed by atoms with Crippen molar-refractivity contribution in [3.8, 4) is 16.9 Å². The molecule has 5 rings (SSSR count). The standard InChI is InChI=1S/C32H33ClFN5O4S/c1-7-28(40)37-16-20(5)38(17-19(37)4)30-24-15-25(33)29(22-10-8-9-11-26(22)34)35-31(24)39(32(41)36-30)27-13-12-21(44(6,42)43)14-23(27)18(2)3/h7-15,18-20H,1,16-17H2,2-6H3/t19-,20+/m1/s1. The van der Waals surface area contributed by atoms with Crippen LogP contribution in [0.25, 0.3) is 28.0 Å². The molecular formula is C32H33ClFN5O4S. The van der Waals surface area contributed by atoms with Crippen molar-refractivity contribution in [3.63, 3.8) is 0 Å². The Hall–Kier alpha value is -4.09. The molecule has 1 fully saturated rings. The normalized spacial score (nSPS) is 17.4. The summed E-state index contributed by atoms with van der Waals surface area (Å²) in [6.07, 6.45) is 2.40. The molecule has 1 aliphatic rings. The summed E-state index contributed by atoms with van der Waals surface area (Å²) in [5, 5.41) is 0.604. The number of anilines is 1. The number of halogens is 2. The fourth-order valence-corrected chi connectivity index (χ4v) is 6.57. The zero-order valence-electron chi connectivity index (χ0n) is 25.1. The molecule has 12 heteroatoms. The van der Waals surface area contributed by atoms with Gasteiger partial charge in [-0.25, -0.2) is 27.2 Å². The Morgan fingerprint density at radius 2 is 1.80 bits per heavy atom. The van der Waals surface area contributed by atoms with Gasteiger partial charge in [0.2, 0.25) is 5.91 Å². The van der Waals surface area contributed by atoms with Crippen LogP contribution in [0.1, 0.15) is 39.2 Å². The molecule has 2 aromatic carbocycles. The Balaban J connectivity index is 1.83. The van der Waals surface area contributed by atoms with E-state index in [0.29, 0.717) is 35.5 Å². The topological polar surface area (TPSA) is 105 Å². The van der Waals surface area contributed by atoms with Gasteiger partial charge in [-0.1, -0.05) is 44.2 Å². The SMILES string of the molecule is C=CC(=O)N1C[C@H](C)N(c2nc(=O)n(-c3ccc(S(C)(=O)=O)cc3C(C)C)c3nc(-c4ccccc4F)c(Cl)cc23)C[C@H]1C. The molecule has 230 valence electrons. The van der Waals surface area contributed by atoms with Crippen LogP contribution in [0.15, 0.2) is 70.9 Å². The van der Waals surface area contributed by atoms with E-state index in [1.165, 1.54) is 22.8 Å². The molecule has 2 atom stereocenters. The van der Waals surface area contributed by atoms with Crippen LogP contribution < -0.4 is 10.6 Å². The Labute approximate surface area is 260 Å². The summed E-state index contributed by atoms with van der Waals surface area (Å²) >= 11 is 6.77. The van der Waals surface area contributed by atoms with Crippen LogP contribution in [-0.2, 0) is 14.6 Å². The van der Waals surface area contributed by atoms with E-state index < -0.39 is 21.3 Å². The highest BCUT2D eigenvalue weighted by Crippen LogP contribution is 2.36. The van der Waals surface area contributed by atoms with E-state index in [1.54, 1.807) is 41.3 Å². The number of piperazine rings is 1. The molecule has 1 saturated heterocycles. The summed E-state index contributed by atoms with van der Waals surface area (Å²) in [4.78, 5) is 39.6. The van der Waals surface area contributed by atoms with E-state index in [1.807, 2.05) is 32.6 Å². The lowest BCUT2D eigenvalue weighted by Crippen LogP contribution is -2.58. The minimum absolute atomic E-state index is 0.115. The van der Waals surface area contributed by atoms with Gasteiger partial charge in [0.25, 0.3) is 0 Å². The van der Waals surface area contributed by atoms with Gasteiger partial charge in [-0.15, -0.1) is 0 Å². The van der Waals surface area contributed by atoms with E-state index >= 15 is 0 Å². The number of hydrogen-bond acceptors (Lipinski definition) is 7. The molecule has 4 aromatic rings. The Morgan fingerprint density at radius 3 is 2.43 bits per heavy atom. The molecule has 9 nitrogen and oxygen atoms in total. The molecule has 2 aromatic heterocycles. The van der Waals surface area contributed by atoms with E-state index in [-0.39, 0.29) is 50.7 Å². The van der Waals surface area contributed by atoms with Crippen molar-refractivity contribution in [1.29, 1.82) is 0 Å². The van der Waals surface area contributed by atoms with Gasteiger partial charge in [-0.3, -0.25) is 4.79 Å². The molecule has 0 N–H and O–H groups in total. The summed E-state index contributed by atoms with van der Waals surface area (Å²) in [5.74, 6) is -0.562. The lowest BCUT2D eigenvalue weighted by Gasteiger charge is -2.44. The van der Waals surface area contributed by atoms with E-state index in [0.717, 1.165) is 6.26 Å². The van der Waals surface area contributed by atoms with Crippen LogP contribution >= 0.6 is 11.6 Å². The predicted octanol–water partition coefficient (Wildman–Crippen LogP) is 5.38. The van der Waals surface area contributed by atoms with Crippen LogP contribution in [0.5, 0.6) is 0 Å². The second-order valence-corrected chi connectivity index (χ2v) is 13.8. The third-order valence-electron chi connectivity index (χ3n) is 7.94. The first-order valence-corrected chi connectivity index (χ1v) is 16.4. The van der Waals surface area contributed by atoms with Crippen LogP contribution in [-0.4, -0.2) is 65.2 Å². The molecule has 0 saturated carbocycles. The zero-order chi connectivity index (χ0) is 32.1. The van der Waals surface area contributed by atoms with Crippen LogP contribution in [0.2, 0.25) is 5.02 Å². The van der Waals surface area contributed by atoms with Gasteiger partial charge in [0.05, 0.1) is 26.7 Å². The second kappa shape index (κ2) is 11.8. The van der Waals surface area contributed by atoms with Crippen molar-refractivity contribution in [3.05, 3.63) is 88.1 Å². The van der Waals surface area contributed by atoms with Crippen molar-refractivity contribution in [2.45, 2.75) is 50.6 Å². The third kappa shape index (κ3) is 5.61. The molecule has 0 unspecified atom stereocenters. The lowest BCUT2D eigenvalue weighted by atomic mass is 10.0. The highest BCUT2D eigenvalue weighted by Gasteiger charge is 2.34. The number of amides is 1. The predicted molar refractivity (Wildman–Crippen MR) is 171 cm³/mol. The van der Waals surface area contributed by atoms with Crippen LogP contribution in [0, 0.1) is 5.82 Å². The maximum Gasteiger partial charge on any atom is 0.355 e. The number of hydrogen-bond donors (Lipinski definition) is 0. The minimum Gasteiger partial charge on any atom is -0.349 e. The zero-order valence-corrected chi connectivity index (χ0v) is 26.7. The summed E-state index contributed by atoms with van der Waals surface area (Å²) in [6.45, 7) is 12.0. The third-order valence-corrected chi connectivity index (χ3v) is 9.33. The van der Waals surface area contributed by atoms with Gasteiger partial charge in [0, 0.05) is 37.0 Å². The number of nitrogens with zero attached hydrogens (tertiary/aromatic N) is 5. The summed E-state index contributed by atoms with van der Waals surface area (Å²) in [5.41, 5.74) is 0.824. The molecule has 1 aliphatic heterocycles. The molecule has 0 aliphatic carbocycles. The van der Waals surface area contributed by atoms with Crippen molar-refractivity contribution in [2.24, 2.45) is 0 Å². The number of pyridine rings is 1. The maximum absolute atomic E-state index is 15.0. The van der Waals surface area contributed by atoms with Gasteiger partial charge in [0.1, 0.15) is 11.6 Å². The van der Waals surface area contributed by atoms with Gasteiger partial charge >= 0.3 is 5.69 Å². The first kappa shape index (κ1) is 31.3. The molecular weight excluding hydrogens is 605 g/mol. The number of carbonyl (C=O) groups is 1. The minimum atomic E-state index is -3.53. The van der Waals surface area contributed by atoms with E-state index in [4.69, 9.17) is 16.6 Å². The number of fused-ring (bicyclic) bond motifs is 1. The molecule has 0 radical (unpaired) electrons. The summed E-state index contributed by atoms with van der Waals surface area (Å²) < 4.78 is 41.1. The van der Waals surface area contributed by atoms with Crippen molar-refractivity contribution < 1.29 is 17.6 Å². The number of carbonyl (C=O) groups excluding carboxylic acids is 1. The van der Waals surface area contributed by atoms with Crippen LogP contribution in [0.4, 0.5) is 10.2 Å². The average Bonchev–Trinajstić information content (AvgIpc) is 2.97. The van der Waals surface area contributed by atoms with Crippen molar-refractivity contribution >= 4 is 44.2 Å². The first-order chi connectivity index (χ1) is 20.7. The van der Waals surface area contributed by atoms with E-state index in [9.17, 15) is 22.4 Å². The van der Waals surface area contributed by atoms with Gasteiger partial charge in [-0.05, 0) is 67.8 Å². The second-order valence-electron chi connectivity index (χ2n) is 11.4. The Kier molecular flexibility index (Phi) is 8.39. The average molecular weight is 638 g/mol. The van der Waals surface area contributed by atoms with Crippen molar-refractivity contribution in [1.82, 2.24) is 19.4 Å². The highest BCUT2D eigenvalue weighted by atomic mass is 35.5. The van der Waals surface area contributed by atoms with E-state index in [2.05, 4.69) is 11.6 Å². The molecule has 1 amide bonds. The number of benzene rings is 2. The van der Waals surface area contributed by atoms with Gasteiger partial charge < -0.3 is 9.80 Å². The Bertz CT molecular complexity index is 1980. The smallest absolute Gasteiger partial charge is 0.349 e. The number of rotatable bonds is 6. The molecule has 3 heterocycles. The molecule has 0 spiro atoms. The fourth-order valence-electron chi connectivity index (χ4n) is 5.66. The quantitative estimate of drug-likeness (QED) is 0.262. The number of sulfone groups is 1. The maximum atomic E-state index is 15.0.